The highest BCUT2D eigenvalue weighted by atomic mass is 35.5. The topological polar surface area (TPSA) is 27.6 Å². The molecule has 2 heteroatoms. The van der Waals surface area contributed by atoms with E-state index in [9.17, 15) is 0 Å². The van der Waals surface area contributed by atoms with Gasteiger partial charge < -0.3 is 18.1 Å². The fraction of sp³-hybridized carbons (Fsp3) is 0.895. The van der Waals surface area contributed by atoms with Gasteiger partial charge in [0, 0.05) is 0 Å². The van der Waals surface area contributed by atoms with Gasteiger partial charge in [0.05, 0.1) is 6.54 Å². The van der Waals surface area contributed by atoms with E-state index in [-0.39, 0.29) is 12.4 Å². The molecule has 0 radical (unpaired) electrons. The van der Waals surface area contributed by atoms with E-state index in [2.05, 4.69) is 25.7 Å². The predicted octanol–water partition coefficient (Wildman–Crippen LogP) is 2.66. The van der Waals surface area contributed by atoms with Gasteiger partial charge in [-0.05, 0) is 39.5 Å². The van der Waals surface area contributed by atoms with Crippen molar-refractivity contribution < 1.29 is 18.1 Å². The lowest BCUT2D eigenvalue weighted by Crippen LogP contribution is -3.00. The predicted molar refractivity (Wildman–Crippen MR) is 91.8 cm³/mol. The summed E-state index contributed by atoms with van der Waals surface area (Å²) < 4.78 is 0. The number of allylic oxidation sites excluding steroid dienone is 2. The average molecular weight is 318 g/mol. The van der Waals surface area contributed by atoms with Crippen LogP contribution in [0, 0.1) is 0 Å². The third-order valence-electron chi connectivity index (χ3n) is 4.01. The second kappa shape index (κ2) is 20.0. The molecule has 0 fully saturated rings. The Hall–Kier alpha value is -0.0100. The molecule has 0 aromatic rings. The summed E-state index contributed by atoms with van der Waals surface area (Å²) in [6, 6.07) is 0. The molecule has 3 N–H and O–H groups in total. The van der Waals surface area contributed by atoms with Gasteiger partial charge in [0.2, 0.25) is 0 Å². The molecule has 0 spiro atoms. The van der Waals surface area contributed by atoms with Gasteiger partial charge in [0.1, 0.15) is 0 Å². The largest absolute Gasteiger partial charge is 1.00 e. The molecular weight excluding hydrogens is 278 g/mol. The maximum atomic E-state index is 3.89. The number of hydrogen-bond acceptors (Lipinski definition) is 0. The minimum atomic E-state index is 0. The lowest BCUT2D eigenvalue weighted by molar-refractivity contribution is -0.368. The van der Waals surface area contributed by atoms with Gasteiger partial charge in [-0.3, -0.25) is 0 Å². The summed E-state index contributed by atoms with van der Waals surface area (Å²) in [6.45, 7) is 5.51. The van der Waals surface area contributed by atoms with Crippen LogP contribution in [0.5, 0.6) is 0 Å². The van der Waals surface area contributed by atoms with Crippen molar-refractivity contribution in [2.24, 2.45) is 0 Å². The fourth-order valence-corrected chi connectivity index (χ4v) is 2.66. The number of hydrogen-bond donors (Lipinski definition) is 1. The van der Waals surface area contributed by atoms with Gasteiger partial charge in [0.25, 0.3) is 0 Å². The maximum absolute atomic E-state index is 3.89. The van der Waals surface area contributed by atoms with Crippen molar-refractivity contribution >= 4 is 0 Å². The molecule has 0 aromatic heterocycles. The van der Waals surface area contributed by atoms with Crippen molar-refractivity contribution in [1.82, 2.24) is 0 Å². The van der Waals surface area contributed by atoms with E-state index in [0.29, 0.717) is 0 Å². The van der Waals surface area contributed by atoms with Crippen LogP contribution in [-0.2, 0) is 0 Å². The number of rotatable bonds is 15. The highest BCUT2D eigenvalue weighted by molar-refractivity contribution is 4.92. The molecule has 0 aliphatic heterocycles. The second-order valence-electron chi connectivity index (χ2n) is 6.52. The van der Waals surface area contributed by atoms with Crippen LogP contribution in [-0.4, -0.2) is 6.54 Å². The van der Waals surface area contributed by atoms with Crippen LogP contribution in [0.3, 0.4) is 0 Å². The Morgan fingerprint density at radius 2 is 0.952 bits per heavy atom. The van der Waals surface area contributed by atoms with Crippen molar-refractivity contribution in [2.45, 2.75) is 104 Å². The molecule has 21 heavy (non-hydrogen) atoms. The second-order valence-corrected chi connectivity index (χ2v) is 6.52. The Morgan fingerprint density at radius 3 is 1.29 bits per heavy atom. The van der Waals surface area contributed by atoms with Crippen LogP contribution in [0.4, 0.5) is 0 Å². The molecule has 0 rings (SSSR count). The summed E-state index contributed by atoms with van der Waals surface area (Å²) in [5.41, 5.74) is 5.36. The smallest absolute Gasteiger partial charge is 0.0739 e. The molecule has 0 bridgehead atoms. The maximum Gasteiger partial charge on any atom is 0.0739 e. The molecule has 0 saturated heterocycles. The van der Waals surface area contributed by atoms with Crippen molar-refractivity contribution in [1.29, 1.82) is 0 Å². The van der Waals surface area contributed by atoms with Crippen LogP contribution in [0.15, 0.2) is 11.6 Å². The van der Waals surface area contributed by atoms with Gasteiger partial charge in [0.15, 0.2) is 0 Å². The van der Waals surface area contributed by atoms with E-state index in [1.54, 1.807) is 0 Å². The first kappa shape index (κ1) is 23.3. The zero-order chi connectivity index (χ0) is 14.9. The lowest BCUT2D eigenvalue weighted by atomic mass is 10.0. The number of halogens is 1. The lowest BCUT2D eigenvalue weighted by Gasteiger charge is -2.02. The Morgan fingerprint density at radius 1 is 0.619 bits per heavy atom. The third kappa shape index (κ3) is 22.4. The molecular formula is C19H40ClN. The van der Waals surface area contributed by atoms with E-state index >= 15 is 0 Å². The van der Waals surface area contributed by atoms with Crippen molar-refractivity contribution in [2.75, 3.05) is 6.54 Å². The first-order valence-electron chi connectivity index (χ1n) is 9.20. The Balaban J connectivity index is 0. The third-order valence-corrected chi connectivity index (χ3v) is 4.01. The summed E-state index contributed by atoms with van der Waals surface area (Å²) in [6.07, 6.45) is 22.3. The molecule has 0 aromatic carbocycles. The Bertz CT molecular complexity index is 210. The molecule has 0 heterocycles. The molecule has 0 amide bonds. The van der Waals surface area contributed by atoms with E-state index in [1.807, 2.05) is 0 Å². The molecule has 1 nitrogen and oxygen atoms in total. The van der Waals surface area contributed by atoms with Crippen LogP contribution < -0.4 is 18.1 Å². The number of quaternary nitrogens is 1. The van der Waals surface area contributed by atoms with Crippen molar-refractivity contribution in [3.05, 3.63) is 11.6 Å². The minimum absolute atomic E-state index is 0. The standard InChI is InChI=1S/C19H39N.ClH/c1-19(2)17-15-13-11-9-7-5-3-4-6-8-10-12-14-16-18-20;/h17H,3-16,18,20H2,1-2H3;1H. The van der Waals surface area contributed by atoms with Gasteiger partial charge in [-0.15, -0.1) is 0 Å². The minimum Gasteiger partial charge on any atom is -1.00 e. The monoisotopic (exact) mass is 317 g/mol. The zero-order valence-corrected chi connectivity index (χ0v) is 15.5. The summed E-state index contributed by atoms with van der Waals surface area (Å²) in [5, 5.41) is 0. The van der Waals surface area contributed by atoms with Crippen LogP contribution in [0.25, 0.3) is 0 Å². The Kier molecular flexibility index (Phi) is 22.1. The molecule has 128 valence electrons. The van der Waals surface area contributed by atoms with Crippen LogP contribution >= 0.6 is 0 Å². The molecule has 0 saturated carbocycles. The average Bonchev–Trinajstić information content (AvgIpc) is 2.43. The quantitative estimate of drug-likeness (QED) is 0.355. The summed E-state index contributed by atoms with van der Waals surface area (Å²) >= 11 is 0. The van der Waals surface area contributed by atoms with E-state index in [1.165, 1.54) is 95.5 Å². The fourth-order valence-electron chi connectivity index (χ4n) is 2.66. The van der Waals surface area contributed by atoms with E-state index in [4.69, 9.17) is 0 Å². The van der Waals surface area contributed by atoms with Crippen molar-refractivity contribution in [3.8, 4) is 0 Å². The SMILES string of the molecule is CC(C)=CCCCCCCCCCCCCCCC[NH3+].[Cl-]. The van der Waals surface area contributed by atoms with E-state index in [0.717, 1.165) is 6.54 Å². The first-order chi connectivity index (χ1) is 9.77. The van der Waals surface area contributed by atoms with Gasteiger partial charge in [-0.1, -0.05) is 75.9 Å². The van der Waals surface area contributed by atoms with Crippen LogP contribution in [0.2, 0.25) is 0 Å². The first-order valence-corrected chi connectivity index (χ1v) is 9.20. The molecule has 0 unspecified atom stereocenters. The van der Waals surface area contributed by atoms with Gasteiger partial charge in [-0.25, -0.2) is 0 Å². The highest BCUT2D eigenvalue weighted by Gasteiger charge is 1.94. The van der Waals surface area contributed by atoms with E-state index < -0.39 is 0 Å². The van der Waals surface area contributed by atoms with Gasteiger partial charge in [-0.2, -0.15) is 0 Å². The van der Waals surface area contributed by atoms with Gasteiger partial charge >= 0.3 is 0 Å². The molecule has 0 aliphatic carbocycles. The molecule has 0 atom stereocenters. The van der Waals surface area contributed by atoms with Crippen LogP contribution in [0.1, 0.15) is 104 Å². The van der Waals surface area contributed by atoms with Crippen molar-refractivity contribution in [3.63, 3.8) is 0 Å². The summed E-state index contributed by atoms with van der Waals surface area (Å²) in [5.74, 6) is 0. The number of unbranched alkanes of at least 4 members (excludes halogenated alkanes) is 13. The summed E-state index contributed by atoms with van der Waals surface area (Å²) in [7, 11) is 0. The Labute approximate surface area is 140 Å². The highest BCUT2D eigenvalue weighted by Crippen LogP contribution is 2.13. The normalized spacial score (nSPS) is 10.2. The zero-order valence-electron chi connectivity index (χ0n) is 14.8. The summed E-state index contributed by atoms with van der Waals surface area (Å²) in [4.78, 5) is 0. The molecule has 0 aliphatic rings.